The number of hydrogen-bond acceptors (Lipinski definition) is 3. The van der Waals surface area contributed by atoms with E-state index in [2.05, 4.69) is 6.07 Å². The Morgan fingerprint density at radius 3 is 2.79 bits per heavy atom. The van der Waals surface area contributed by atoms with Gasteiger partial charge in [-0.2, -0.15) is 18.2 Å². The third-order valence-electron chi connectivity index (χ3n) is 1.41. The largest absolute Gasteiger partial charge is 1.00 e. The van der Waals surface area contributed by atoms with Crippen molar-refractivity contribution in [2.45, 2.75) is 0 Å². The van der Waals surface area contributed by atoms with Crippen LogP contribution in [0, 0.1) is 6.07 Å². The average Bonchev–Trinajstić information content (AvgIpc) is 2.19. The first-order valence-corrected chi connectivity index (χ1v) is 4.09. The number of hydrogen-bond donors (Lipinski definition) is 0. The molecular formula is C10H13LiO3. The van der Waals surface area contributed by atoms with E-state index >= 15 is 0 Å². The maximum Gasteiger partial charge on any atom is 1.00 e. The van der Waals surface area contributed by atoms with Gasteiger partial charge in [0.25, 0.3) is 0 Å². The molecule has 0 spiro atoms. The van der Waals surface area contributed by atoms with E-state index in [1.54, 1.807) is 13.2 Å². The van der Waals surface area contributed by atoms with Crippen LogP contribution in [0.1, 0.15) is 0 Å². The van der Waals surface area contributed by atoms with E-state index < -0.39 is 0 Å². The van der Waals surface area contributed by atoms with Crippen LogP contribution in [0.25, 0.3) is 0 Å². The van der Waals surface area contributed by atoms with Crippen LogP contribution in [0.4, 0.5) is 0 Å². The van der Waals surface area contributed by atoms with Crippen LogP contribution in [-0.2, 0) is 9.47 Å². The molecule has 0 aliphatic carbocycles. The predicted molar refractivity (Wildman–Crippen MR) is 48.6 cm³/mol. The van der Waals surface area contributed by atoms with Crippen LogP contribution in [0.2, 0.25) is 0 Å². The molecule has 0 bridgehead atoms. The first kappa shape index (κ1) is 13.5. The van der Waals surface area contributed by atoms with Crippen molar-refractivity contribution in [2.24, 2.45) is 0 Å². The van der Waals surface area contributed by atoms with E-state index in [9.17, 15) is 0 Å². The Labute approximate surface area is 96.5 Å². The van der Waals surface area contributed by atoms with Gasteiger partial charge in [-0.1, -0.05) is 0 Å². The van der Waals surface area contributed by atoms with Gasteiger partial charge in [-0.05, 0) is 0 Å². The van der Waals surface area contributed by atoms with E-state index in [1.807, 2.05) is 18.2 Å². The van der Waals surface area contributed by atoms with Crippen LogP contribution < -0.4 is 23.6 Å². The molecule has 0 radical (unpaired) electrons. The Bertz CT molecular complexity index is 216. The Morgan fingerprint density at radius 1 is 1.29 bits per heavy atom. The Hall–Kier alpha value is -0.463. The summed E-state index contributed by atoms with van der Waals surface area (Å²) in [4.78, 5) is 0. The summed E-state index contributed by atoms with van der Waals surface area (Å²) >= 11 is 0. The number of ether oxygens (including phenoxy) is 3. The van der Waals surface area contributed by atoms with Crippen molar-refractivity contribution < 1.29 is 33.1 Å². The van der Waals surface area contributed by atoms with Gasteiger partial charge in [-0.15, -0.1) is 12.1 Å². The maximum atomic E-state index is 5.22. The maximum absolute atomic E-state index is 5.22. The summed E-state index contributed by atoms with van der Waals surface area (Å²) in [6.07, 6.45) is 0. The molecule has 0 saturated heterocycles. The third-order valence-corrected chi connectivity index (χ3v) is 1.41. The van der Waals surface area contributed by atoms with Gasteiger partial charge in [-0.25, -0.2) is 0 Å². The van der Waals surface area contributed by atoms with Crippen molar-refractivity contribution in [1.29, 1.82) is 0 Å². The quantitative estimate of drug-likeness (QED) is 0.235. The molecule has 1 aromatic carbocycles. The normalized spacial score (nSPS) is 9.21. The fourth-order valence-corrected chi connectivity index (χ4v) is 0.773. The third kappa shape index (κ3) is 6.06. The molecule has 1 rings (SSSR count). The number of rotatable bonds is 6. The van der Waals surface area contributed by atoms with Crippen LogP contribution in [0.3, 0.4) is 0 Å². The fraction of sp³-hybridized carbons (Fsp3) is 0.400. The average molecular weight is 188 g/mol. The monoisotopic (exact) mass is 188 g/mol. The molecule has 14 heavy (non-hydrogen) atoms. The Morgan fingerprint density at radius 2 is 2.14 bits per heavy atom. The molecule has 3 nitrogen and oxygen atoms in total. The van der Waals surface area contributed by atoms with Gasteiger partial charge < -0.3 is 14.2 Å². The molecule has 0 heterocycles. The summed E-state index contributed by atoms with van der Waals surface area (Å²) in [5.74, 6) is 0.694. The smallest absolute Gasteiger partial charge is 0.493 e. The summed E-state index contributed by atoms with van der Waals surface area (Å²) < 4.78 is 15.1. The molecule has 0 amide bonds. The minimum atomic E-state index is 0. The van der Waals surface area contributed by atoms with Gasteiger partial charge in [0.15, 0.2) is 6.79 Å². The van der Waals surface area contributed by atoms with Gasteiger partial charge in [0.05, 0.1) is 13.2 Å². The molecule has 0 atom stereocenters. The summed E-state index contributed by atoms with van der Waals surface area (Å²) in [6.45, 7) is 1.37. The van der Waals surface area contributed by atoms with Crippen molar-refractivity contribution in [3.05, 3.63) is 30.3 Å². The molecule has 72 valence electrons. The number of methoxy groups -OCH3 is 1. The molecule has 0 N–H and O–H groups in total. The molecule has 0 aliphatic rings. The SMILES string of the molecule is COCCOCOc1[c-]cccc1.[Li+]. The van der Waals surface area contributed by atoms with Crippen molar-refractivity contribution >= 4 is 0 Å². The summed E-state index contributed by atoms with van der Waals surface area (Å²) in [7, 11) is 1.63. The van der Waals surface area contributed by atoms with Crippen LogP contribution >= 0.6 is 0 Å². The fourth-order valence-electron chi connectivity index (χ4n) is 0.773. The molecule has 1 aromatic rings. The van der Waals surface area contributed by atoms with Gasteiger partial charge in [-0.3, -0.25) is 0 Å². The van der Waals surface area contributed by atoms with Gasteiger partial charge in [0.2, 0.25) is 0 Å². The topological polar surface area (TPSA) is 27.7 Å². The van der Waals surface area contributed by atoms with Crippen molar-refractivity contribution in [2.75, 3.05) is 27.1 Å². The standard InChI is InChI=1S/C10H13O3.Li/c1-11-7-8-12-9-13-10-5-3-2-4-6-10;/h2-5H,7-9H2,1H3;/q-1;+1. The first-order chi connectivity index (χ1) is 6.43. The molecule has 0 aromatic heterocycles. The van der Waals surface area contributed by atoms with E-state index in [0.29, 0.717) is 19.0 Å². The molecule has 0 fully saturated rings. The van der Waals surface area contributed by atoms with Gasteiger partial charge in [0.1, 0.15) is 0 Å². The second-order valence-electron chi connectivity index (χ2n) is 2.39. The first-order valence-electron chi connectivity index (χ1n) is 4.09. The van der Waals surface area contributed by atoms with Crippen molar-refractivity contribution in [3.8, 4) is 5.75 Å². The van der Waals surface area contributed by atoms with E-state index in [4.69, 9.17) is 14.2 Å². The van der Waals surface area contributed by atoms with Crippen molar-refractivity contribution in [1.82, 2.24) is 0 Å². The van der Waals surface area contributed by atoms with E-state index in [-0.39, 0.29) is 25.7 Å². The van der Waals surface area contributed by atoms with Crippen molar-refractivity contribution in [3.63, 3.8) is 0 Å². The number of benzene rings is 1. The molecule has 0 unspecified atom stereocenters. The predicted octanol–water partition coefficient (Wildman–Crippen LogP) is -1.51. The second-order valence-corrected chi connectivity index (χ2v) is 2.39. The minimum absolute atomic E-state index is 0. The summed E-state index contributed by atoms with van der Waals surface area (Å²) in [5.41, 5.74) is 0. The summed E-state index contributed by atoms with van der Waals surface area (Å²) in [5, 5.41) is 0. The summed E-state index contributed by atoms with van der Waals surface area (Å²) in [6, 6.07) is 10.3. The zero-order valence-electron chi connectivity index (χ0n) is 8.66. The van der Waals surface area contributed by atoms with Gasteiger partial charge >= 0.3 is 18.9 Å². The molecular weight excluding hydrogens is 175 g/mol. The van der Waals surface area contributed by atoms with E-state index in [0.717, 1.165) is 0 Å². The minimum Gasteiger partial charge on any atom is -0.493 e. The zero-order chi connectivity index (χ0) is 9.36. The van der Waals surface area contributed by atoms with E-state index in [1.165, 1.54) is 0 Å². The van der Waals surface area contributed by atoms with Crippen LogP contribution in [-0.4, -0.2) is 27.1 Å². The Balaban J connectivity index is 0.00000169. The zero-order valence-corrected chi connectivity index (χ0v) is 8.66. The molecule has 0 aliphatic heterocycles. The van der Waals surface area contributed by atoms with Crippen LogP contribution in [0.15, 0.2) is 24.3 Å². The molecule has 4 heteroatoms. The van der Waals surface area contributed by atoms with Crippen LogP contribution in [0.5, 0.6) is 5.75 Å². The second kappa shape index (κ2) is 9.11. The number of para-hydroxylation sites is 1. The Kier molecular flexibility index (Phi) is 8.81. The van der Waals surface area contributed by atoms with Gasteiger partial charge in [0, 0.05) is 12.9 Å². The molecule has 0 saturated carbocycles.